The van der Waals surface area contributed by atoms with Gasteiger partial charge in [-0.2, -0.15) is 0 Å². The second kappa shape index (κ2) is 5.38. The highest BCUT2D eigenvalue weighted by Gasteiger charge is 2.43. The van der Waals surface area contributed by atoms with Crippen LogP contribution in [-0.4, -0.2) is 23.3 Å². The van der Waals surface area contributed by atoms with Crippen LogP contribution >= 0.6 is 0 Å². The lowest BCUT2D eigenvalue weighted by Gasteiger charge is -2.44. The molecule has 0 aliphatic carbocycles. The van der Waals surface area contributed by atoms with Crippen molar-refractivity contribution in [1.29, 1.82) is 0 Å². The number of hydrogen-bond donors (Lipinski definition) is 1. The number of hydrogen-bond acceptors (Lipinski definition) is 3. The van der Waals surface area contributed by atoms with Gasteiger partial charge in [-0.1, -0.05) is 41.5 Å². The van der Waals surface area contributed by atoms with Crippen LogP contribution in [0.3, 0.4) is 0 Å². The minimum Gasteiger partial charge on any atom is -0.459 e. The zero-order valence-electron chi connectivity index (χ0n) is 12.4. The Bertz CT molecular complexity index is 258. The molecule has 1 unspecified atom stereocenters. The van der Waals surface area contributed by atoms with E-state index in [0.29, 0.717) is 0 Å². The van der Waals surface area contributed by atoms with E-state index in [1.54, 1.807) is 0 Å². The zero-order valence-corrected chi connectivity index (χ0v) is 12.4. The first-order valence-corrected chi connectivity index (χ1v) is 6.24. The summed E-state index contributed by atoms with van der Waals surface area (Å²) in [4.78, 5) is 11.6. The molecule has 1 N–H and O–H groups in total. The molecule has 0 spiro atoms. The van der Waals surface area contributed by atoms with Gasteiger partial charge in [-0.3, -0.25) is 4.79 Å². The highest BCUT2D eigenvalue weighted by Crippen LogP contribution is 2.42. The molecule has 0 fully saturated rings. The molecule has 3 heteroatoms. The number of aliphatic hydroxyl groups is 1. The molecule has 3 nitrogen and oxygen atoms in total. The third-order valence-electron chi connectivity index (χ3n) is 3.11. The molecular formula is C14H28O3. The first-order chi connectivity index (χ1) is 7.41. The average Bonchev–Trinajstić information content (AvgIpc) is 1.97. The fourth-order valence-corrected chi connectivity index (χ4v) is 1.86. The monoisotopic (exact) mass is 244 g/mol. The van der Waals surface area contributed by atoms with Crippen LogP contribution in [0.15, 0.2) is 0 Å². The Hall–Kier alpha value is -0.570. The van der Waals surface area contributed by atoms with Crippen LogP contribution in [0.5, 0.6) is 0 Å². The van der Waals surface area contributed by atoms with Gasteiger partial charge in [0.05, 0.1) is 13.0 Å². The van der Waals surface area contributed by atoms with Crippen molar-refractivity contribution in [3.05, 3.63) is 0 Å². The summed E-state index contributed by atoms with van der Waals surface area (Å²) < 4.78 is 5.62. The van der Waals surface area contributed by atoms with E-state index in [1.165, 1.54) is 0 Å². The van der Waals surface area contributed by atoms with Gasteiger partial charge < -0.3 is 9.84 Å². The summed E-state index contributed by atoms with van der Waals surface area (Å²) in [5.74, 6) is -0.325. The fraction of sp³-hybridized carbons (Fsp3) is 0.929. The molecule has 0 radical (unpaired) electrons. The lowest BCUT2D eigenvalue weighted by molar-refractivity contribution is -0.175. The topological polar surface area (TPSA) is 46.5 Å². The first kappa shape index (κ1) is 16.4. The molecule has 0 bridgehead atoms. The van der Waals surface area contributed by atoms with E-state index >= 15 is 0 Å². The summed E-state index contributed by atoms with van der Waals surface area (Å²) >= 11 is 0. The molecule has 0 saturated heterocycles. The lowest BCUT2D eigenvalue weighted by atomic mass is 9.69. The molecular weight excluding hydrogens is 216 g/mol. The summed E-state index contributed by atoms with van der Waals surface area (Å²) in [5.41, 5.74) is -0.565. The van der Waals surface area contributed by atoms with Crippen LogP contribution < -0.4 is 0 Å². The number of carbonyl (C=O) groups excluding carboxylic acids is 1. The largest absolute Gasteiger partial charge is 0.459 e. The number of carbonyl (C=O) groups is 1. The van der Waals surface area contributed by atoms with Crippen molar-refractivity contribution in [2.24, 2.45) is 10.8 Å². The van der Waals surface area contributed by atoms with Crippen molar-refractivity contribution in [2.45, 2.75) is 66.9 Å². The SMILES string of the molecule is CC(C)(C)CC(C)(OC(=O)CCO)C(C)(C)C. The van der Waals surface area contributed by atoms with Crippen molar-refractivity contribution in [1.82, 2.24) is 0 Å². The molecule has 0 heterocycles. The zero-order chi connectivity index (χ0) is 13.9. The van der Waals surface area contributed by atoms with Crippen molar-refractivity contribution in [3.8, 4) is 0 Å². The van der Waals surface area contributed by atoms with E-state index in [-0.39, 0.29) is 29.8 Å². The van der Waals surface area contributed by atoms with Crippen molar-refractivity contribution >= 4 is 5.97 Å². The van der Waals surface area contributed by atoms with Gasteiger partial charge in [0.1, 0.15) is 5.60 Å². The Kier molecular flexibility index (Phi) is 5.20. The molecule has 0 aliphatic heterocycles. The maximum Gasteiger partial charge on any atom is 0.308 e. The van der Waals surface area contributed by atoms with E-state index in [9.17, 15) is 4.79 Å². The Morgan fingerprint density at radius 3 is 1.82 bits per heavy atom. The molecule has 0 amide bonds. The molecule has 0 saturated carbocycles. The maximum atomic E-state index is 11.6. The molecule has 1 atom stereocenters. The normalized spacial score (nSPS) is 16.5. The summed E-state index contributed by atoms with van der Waals surface area (Å²) in [5, 5.41) is 8.77. The first-order valence-electron chi connectivity index (χ1n) is 6.24. The fourth-order valence-electron chi connectivity index (χ4n) is 1.86. The predicted octanol–water partition coefficient (Wildman–Crippen LogP) is 3.15. The average molecular weight is 244 g/mol. The van der Waals surface area contributed by atoms with Crippen LogP contribution in [0.25, 0.3) is 0 Å². The molecule has 17 heavy (non-hydrogen) atoms. The summed E-state index contributed by atoms with van der Waals surface area (Å²) in [6.45, 7) is 14.5. The van der Waals surface area contributed by atoms with Crippen LogP contribution in [-0.2, 0) is 9.53 Å². The van der Waals surface area contributed by atoms with Crippen molar-refractivity contribution in [2.75, 3.05) is 6.61 Å². The Morgan fingerprint density at radius 1 is 1.06 bits per heavy atom. The Morgan fingerprint density at radius 2 is 1.53 bits per heavy atom. The van der Waals surface area contributed by atoms with Crippen LogP contribution in [0.4, 0.5) is 0 Å². The molecule has 0 aromatic rings. The van der Waals surface area contributed by atoms with Gasteiger partial charge in [0.2, 0.25) is 0 Å². The Labute approximate surface area is 106 Å². The van der Waals surface area contributed by atoms with Crippen LogP contribution in [0.2, 0.25) is 0 Å². The van der Waals surface area contributed by atoms with E-state index in [1.807, 2.05) is 6.92 Å². The third-order valence-corrected chi connectivity index (χ3v) is 3.11. The molecule has 102 valence electrons. The second-order valence-corrected chi connectivity index (χ2v) is 7.17. The second-order valence-electron chi connectivity index (χ2n) is 7.17. The smallest absolute Gasteiger partial charge is 0.308 e. The summed E-state index contributed by atoms with van der Waals surface area (Å²) in [6, 6.07) is 0. The van der Waals surface area contributed by atoms with Crippen LogP contribution in [0.1, 0.15) is 61.3 Å². The molecule has 0 aromatic carbocycles. The predicted molar refractivity (Wildman–Crippen MR) is 69.7 cm³/mol. The van der Waals surface area contributed by atoms with Gasteiger partial charge in [0.15, 0.2) is 0 Å². The van der Waals surface area contributed by atoms with Crippen molar-refractivity contribution in [3.63, 3.8) is 0 Å². The minimum absolute atomic E-state index is 0.0653. The quantitative estimate of drug-likeness (QED) is 0.773. The maximum absolute atomic E-state index is 11.6. The summed E-state index contributed by atoms with van der Waals surface area (Å²) in [7, 11) is 0. The highest BCUT2D eigenvalue weighted by atomic mass is 16.6. The van der Waals surface area contributed by atoms with Gasteiger partial charge >= 0.3 is 5.97 Å². The number of aliphatic hydroxyl groups excluding tert-OH is 1. The van der Waals surface area contributed by atoms with Gasteiger partial charge in [-0.25, -0.2) is 0 Å². The van der Waals surface area contributed by atoms with Gasteiger partial charge in [-0.05, 0) is 18.8 Å². The van der Waals surface area contributed by atoms with E-state index < -0.39 is 5.60 Å². The third kappa shape index (κ3) is 5.53. The summed E-state index contributed by atoms with van der Waals surface area (Å²) in [6.07, 6.45) is 0.858. The minimum atomic E-state index is -0.516. The molecule has 0 rings (SSSR count). The van der Waals surface area contributed by atoms with Crippen molar-refractivity contribution < 1.29 is 14.6 Å². The Balaban J connectivity index is 4.94. The van der Waals surface area contributed by atoms with Gasteiger partial charge in [0.25, 0.3) is 0 Å². The van der Waals surface area contributed by atoms with Crippen LogP contribution in [0, 0.1) is 10.8 Å². The molecule has 0 aromatic heterocycles. The standard InChI is InChI=1S/C14H28O3/c1-12(2,3)10-14(7,13(4,5)6)17-11(16)8-9-15/h15H,8-10H2,1-7H3. The number of ether oxygens (including phenoxy) is 1. The van der Waals surface area contributed by atoms with E-state index in [4.69, 9.17) is 9.84 Å². The number of esters is 1. The highest BCUT2D eigenvalue weighted by molar-refractivity contribution is 5.70. The van der Waals surface area contributed by atoms with Gasteiger partial charge in [-0.15, -0.1) is 0 Å². The number of rotatable bonds is 4. The van der Waals surface area contributed by atoms with Gasteiger partial charge in [0, 0.05) is 5.41 Å². The van der Waals surface area contributed by atoms with E-state index in [2.05, 4.69) is 41.5 Å². The lowest BCUT2D eigenvalue weighted by Crippen LogP contribution is -2.47. The molecule has 0 aliphatic rings. The van der Waals surface area contributed by atoms with E-state index in [0.717, 1.165) is 6.42 Å².